The van der Waals surface area contributed by atoms with Crippen LogP contribution in [0.25, 0.3) is 22.2 Å². The second kappa shape index (κ2) is 7.91. The highest BCUT2D eigenvalue weighted by Gasteiger charge is 2.37. The number of fused-ring (bicyclic) bond motifs is 1. The number of nitrogens with zero attached hydrogens (tertiary/aromatic N) is 3. The van der Waals surface area contributed by atoms with Crippen molar-refractivity contribution in [1.29, 1.82) is 5.26 Å². The first-order chi connectivity index (χ1) is 15.0. The maximum Gasteiger partial charge on any atom is 0.419 e. The Morgan fingerprint density at radius 2 is 2.06 bits per heavy atom. The van der Waals surface area contributed by atoms with Gasteiger partial charge in [-0.25, -0.2) is 9.97 Å². The monoisotopic (exact) mass is 462 g/mol. The largest absolute Gasteiger partial charge is 0.419 e. The third kappa shape index (κ3) is 3.98. The molecule has 0 saturated heterocycles. The van der Waals surface area contributed by atoms with Crippen molar-refractivity contribution in [3.63, 3.8) is 0 Å². The van der Waals surface area contributed by atoms with Gasteiger partial charge in [-0.1, -0.05) is 6.07 Å². The average molecular weight is 462 g/mol. The summed E-state index contributed by atoms with van der Waals surface area (Å²) in [4.78, 5) is 11.0. The molecule has 1 fully saturated rings. The lowest BCUT2D eigenvalue weighted by molar-refractivity contribution is -0.137. The second-order valence-electron chi connectivity index (χ2n) is 8.35. The molecule has 7 nitrogen and oxygen atoms in total. The van der Waals surface area contributed by atoms with Crippen LogP contribution in [0, 0.1) is 11.3 Å². The summed E-state index contributed by atoms with van der Waals surface area (Å²) in [7, 11) is -2.91. The first-order valence-electron chi connectivity index (χ1n) is 10.1. The van der Waals surface area contributed by atoms with Crippen LogP contribution in [0.1, 0.15) is 30.4 Å². The normalized spacial score (nSPS) is 19.3. The molecular weight excluding hydrogens is 440 g/mol. The van der Waals surface area contributed by atoms with E-state index >= 15 is 0 Å². The number of rotatable bonds is 4. The van der Waals surface area contributed by atoms with Crippen LogP contribution in [0.4, 0.5) is 19.1 Å². The minimum atomic E-state index is -4.68. The van der Waals surface area contributed by atoms with Crippen molar-refractivity contribution in [3.05, 3.63) is 35.7 Å². The topological polar surface area (TPSA) is 120 Å². The molecular formula is C21H22F3N6OP. The van der Waals surface area contributed by atoms with E-state index in [0.29, 0.717) is 16.2 Å². The molecule has 0 aliphatic heterocycles. The highest BCUT2D eigenvalue weighted by molar-refractivity contribution is 7.70. The van der Waals surface area contributed by atoms with Gasteiger partial charge in [-0.15, -0.1) is 0 Å². The molecule has 168 valence electrons. The van der Waals surface area contributed by atoms with Gasteiger partial charge in [0.1, 0.15) is 12.7 Å². The molecule has 1 aromatic carbocycles. The number of alkyl halides is 3. The van der Waals surface area contributed by atoms with Gasteiger partial charge in [0.05, 0.1) is 28.1 Å². The number of anilines is 1. The van der Waals surface area contributed by atoms with Gasteiger partial charge in [0.2, 0.25) is 5.95 Å². The fourth-order valence-electron chi connectivity index (χ4n) is 4.23. The Kier molecular flexibility index (Phi) is 5.51. The van der Waals surface area contributed by atoms with Gasteiger partial charge in [-0.05, 0) is 38.7 Å². The van der Waals surface area contributed by atoms with Crippen LogP contribution in [-0.2, 0) is 10.7 Å². The highest BCUT2D eigenvalue weighted by atomic mass is 31.2. The Morgan fingerprint density at radius 1 is 1.31 bits per heavy atom. The van der Waals surface area contributed by atoms with Gasteiger partial charge in [-0.2, -0.15) is 18.4 Å². The fraction of sp³-hybridized carbons (Fsp3) is 0.381. The summed E-state index contributed by atoms with van der Waals surface area (Å²) >= 11 is 0. The van der Waals surface area contributed by atoms with Gasteiger partial charge < -0.3 is 20.6 Å². The Bertz CT molecular complexity index is 1270. The summed E-state index contributed by atoms with van der Waals surface area (Å²) in [5.74, 6) is 0.0650. The van der Waals surface area contributed by atoms with E-state index < -0.39 is 18.9 Å². The van der Waals surface area contributed by atoms with E-state index in [1.807, 2.05) is 6.07 Å². The lowest BCUT2D eigenvalue weighted by atomic mass is 10.0. The Labute approximate surface area is 182 Å². The van der Waals surface area contributed by atoms with Crippen molar-refractivity contribution in [3.8, 4) is 17.3 Å². The quantitative estimate of drug-likeness (QED) is 0.503. The molecule has 0 radical (unpaired) electrons. The van der Waals surface area contributed by atoms with Crippen LogP contribution in [0.2, 0.25) is 0 Å². The molecule has 0 spiro atoms. The van der Waals surface area contributed by atoms with Gasteiger partial charge in [0.15, 0.2) is 0 Å². The number of halogens is 3. The molecule has 2 aromatic heterocycles. The Balaban J connectivity index is 1.91. The van der Waals surface area contributed by atoms with Crippen LogP contribution in [-0.4, -0.2) is 40.4 Å². The zero-order valence-electron chi connectivity index (χ0n) is 17.5. The second-order valence-corrected chi connectivity index (χ2v) is 11.5. The standard InChI is InChI=1S/C21H22F3N6OP/c1-32(2,31)19-11(8-25)6-7-12-13(9-27-18(12)19)17-14(21(22,23)24)10-28-20(30-17)29-16-5-3-4-15(16)26/h6-7,9-10,15-16,27H,3-5,26H2,1-2H3,(H,28,29,30)/t15-,16-/m0/s1. The van der Waals surface area contributed by atoms with Crippen molar-refractivity contribution in [1.82, 2.24) is 15.0 Å². The van der Waals surface area contributed by atoms with E-state index in [0.717, 1.165) is 25.5 Å². The molecule has 0 unspecified atom stereocenters. The molecule has 2 heterocycles. The summed E-state index contributed by atoms with van der Waals surface area (Å²) in [6.45, 7) is 3.03. The molecule has 32 heavy (non-hydrogen) atoms. The number of aromatic nitrogens is 3. The Morgan fingerprint density at radius 3 is 2.66 bits per heavy atom. The molecule has 1 saturated carbocycles. The van der Waals surface area contributed by atoms with Gasteiger partial charge >= 0.3 is 6.18 Å². The zero-order chi connectivity index (χ0) is 23.3. The van der Waals surface area contributed by atoms with E-state index in [-0.39, 0.29) is 34.9 Å². The summed E-state index contributed by atoms with van der Waals surface area (Å²) in [6.07, 6.45) is 0.0171. The molecule has 4 rings (SSSR count). The van der Waals surface area contributed by atoms with Crippen LogP contribution in [0.5, 0.6) is 0 Å². The minimum absolute atomic E-state index is 0.0650. The van der Waals surface area contributed by atoms with Gasteiger partial charge in [0.25, 0.3) is 0 Å². The van der Waals surface area contributed by atoms with Crippen LogP contribution in [0.15, 0.2) is 24.5 Å². The van der Waals surface area contributed by atoms with Crippen molar-refractivity contribution in [2.45, 2.75) is 37.5 Å². The summed E-state index contributed by atoms with van der Waals surface area (Å²) < 4.78 is 54.3. The maximum atomic E-state index is 13.8. The number of hydrogen-bond acceptors (Lipinski definition) is 6. The Hall–Kier alpha value is -2.89. The number of nitrogens with two attached hydrogens (primary N) is 1. The van der Waals surface area contributed by atoms with Gasteiger partial charge in [0, 0.05) is 35.4 Å². The lowest BCUT2D eigenvalue weighted by Crippen LogP contribution is -2.35. The summed E-state index contributed by atoms with van der Waals surface area (Å²) in [6, 6.07) is 4.80. The number of hydrogen-bond donors (Lipinski definition) is 3. The lowest BCUT2D eigenvalue weighted by Gasteiger charge is -2.19. The molecule has 4 N–H and O–H groups in total. The SMILES string of the molecule is CP(C)(=O)c1c(C#N)ccc2c(-c3nc(N[C@H]4CCC[C@@H]4N)ncc3C(F)(F)F)c[nH]c12. The number of nitriles is 1. The van der Waals surface area contributed by atoms with E-state index in [1.165, 1.54) is 25.6 Å². The first-order valence-corrected chi connectivity index (χ1v) is 12.7. The molecule has 2 atom stereocenters. The van der Waals surface area contributed by atoms with E-state index in [2.05, 4.69) is 20.3 Å². The molecule has 11 heteroatoms. The number of H-pyrrole nitrogens is 1. The average Bonchev–Trinajstić information content (AvgIpc) is 3.31. The third-order valence-corrected chi connectivity index (χ3v) is 7.26. The molecule has 1 aliphatic carbocycles. The number of aromatic amines is 1. The van der Waals surface area contributed by atoms with Gasteiger partial charge in [-0.3, -0.25) is 0 Å². The van der Waals surface area contributed by atoms with E-state index in [9.17, 15) is 23.0 Å². The third-order valence-electron chi connectivity index (χ3n) is 5.72. The zero-order valence-corrected chi connectivity index (χ0v) is 18.4. The van der Waals surface area contributed by atoms with E-state index in [4.69, 9.17) is 5.73 Å². The smallest absolute Gasteiger partial charge is 0.360 e. The van der Waals surface area contributed by atoms with Crippen molar-refractivity contribution >= 4 is 29.3 Å². The fourth-order valence-corrected chi connectivity index (χ4v) is 5.66. The van der Waals surface area contributed by atoms with E-state index in [1.54, 1.807) is 6.07 Å². The predicted octanol–water partition coefficient (Wildman–Crippen LogP) is 4.06. The molecule has 0 amide bonds. The number of benzene rings is 1. The van der Waals surface area contributed by atoms with Crippen molar-refractivity contribution in [2.24, 2.45) is 5.73 Å². The molecule has 1 aliphatic rings. The number of nitrogens with one attached hydrogen (secondary N) is 2. The minimum Gasteiger partial charge on any atom is -0.360 e. The predicted molar refractivity (Wildman–Crippen MR) is 117 cm³/mol. The van der Waals surface area contributed by atoms with Crippen molar-refractivity contribution in [2.75, 3.05) is 18.6 Å². The van der Waals surface area contributed by atoms with Crippen LogP contribution in [0.3, 0.4) is 0 Å². The summed E-state index contributed by atoms with van der Waals surface area (Å²) in [5.41, 5.74) is 5.55. The maximum absolute atomic E-state index is 13.8. The van der Waals surface area contributed by atoms with Crippen molar-refractivity contribution < 1.29 is 17.7 Å². The van der Waals surface area contributed by atoms with Crippen LogP contribution >= 0.6 is 7.14 Å². The highest BCUT2D eigenvalue weighted by Crippen LogP contribution is 2.43. The molecule has 0 bridgehead atoms. The van der Waals surface area contributed by atoms with Crippen LogP contribution < -0.4 is 16.4 Å². The summed E-state index contributed by atoms with van der Waals surface area (Å²) in [5, 5.41) is 13.2. The molecule has 3 aromatic rings. The first kappa shape index (κ1) is 22.3.